The largest absolute Gasteiger partial charge is 0.474 e. The summed E-state index contributed by atoms with van der Waals surface area (Å²) in [5, 5.41) is 3.99. The van der Waals surface area contributed by atoms with Crippen LogP contribution in [0.4, 0.5) is 0 Å². The second kappa shape index (κ2) is 7.45. The minimum absolute atomic E-state index is 0.438. The van der Waals surface area contributed by atoms with E-state index in [0.29, 0.717) is 24.2 Å². The quantitative estimate of drug-likeness (QED) is 0.662. The summed E-state index contributed by atoms with van der Waals surface area (Å²) in [6.45, 7) is 3.82. The van der Waals surface area contributed by atoms with E-state index < -0.39 is 0 Å². The maximum Gasteiger partial charge on any atom is 0.249 e. The van der Waals surface area contributed by atoms with E-state index in [0.717, 1.165) is 29.6 Å². The highest BCUT2D eigenvalue weighted by Crippen LogP contribution is 2.23. The van der Waals surface area contributed by atoms with Gasteiger partial charge in [0.15, 0.2) is 5.69 Å². The molecule has 0 amide bonds. The van der Waals surface area contributed by atoms with Crippen molar-refractivity contribution in [1.82, 2.24) is 14.9 Å². The smallest absolute Gasteiger partial charge is 0.249 e. The molecule has 1 aromatic carbocycles. The molecule has 0 N–H and O–H groups in total. The third kappa shape index (κ3) is 3.72. The molecule has 0 spiro atoms. The van der Waals surface area contributed by atoms with Crippen LogP contribution in [-0.2, 0) is 0 Å². The summed E-state index contributed by atoms with van der Waals surface area (Å²) >= 11 is 1.59. The Morgan fingerprint density at radius 3 is 2.65 bits per heavy atom. The molecule has 5 heteroatoms. The van der Waals surface area contributed by atoms with Crippen molar-refractivity contribution in [3.05, 3.63) is 51.8 Å². The molecule has 0 saturated carbocycles. The van der Waals surface area contributed by atoms with Crippen molar-refractivity contribution in [3.8, 4) is 17.7 Å². The number of aromatic nitrogens is 2. The maximum atomic E-state index is 6.06. The first kappa shape index (κ1) is 17.0. The molecule has 0 bridgehead atoms. The predicted octanol–water partition coefficient (Wildman–Crippen LogP) is 3.87. The second-order valence-electron chi connectivity index (χ2n) is 6.72. The monoisotopic (exact) mass is 363 g/mol. The van der Waals surface area contributed by atoms with Crippen LogP contribution in [0.1, 0.15) is 29.7 Å². The average Bonchev–Trinajstić information content (AvgIpc) is 3.27. The van der Waals surface area contributed by atoms with Gasteiger partial charge in [0.05, 0.1) is 0 Å². The number of ether oxygens (including phenoxy) is 1. The van der Waals surface area contributed by atoms with Gasteiger partial charge in [0.2, 0.25) is 5.88 Å². The third-order valence-electron chi connectivity index (χ3n) is 4.74. The summed E-state index contributed by atoms with van der Waals surface area (Å²) in [6.07, 6.45) is 2.38. The maximum absolute atomic E-state index is 6.06. The van der Waals surface area contributed by atoms with Crippen molar-refractivity contribution in [2.45, 2.75) is 25.8 Å². The Labute approximate surface area is 157 Å². The number of fused-ring (bicyclic) bond motifs is 1. The lowest BCUT2D eigenvalue weighted by Crippen LogP contribution is -2.30. The summed E-state index contributed by atoms with van der Waals surface area (Å²) in [5.74, 6) is 6.88. The minimum Gasteiger partial charge on any atom is -0.474 e. The van der Waals surface area contributed by atoms with Crippen LogP contribution in [0, 0.1) is 18.8 Å². The fourth-order valence-electron chi connectivity index (χ4n) is 3.10. The lowest BCUT2D eigenvalue weighted by molar-refractivity contribution is 0.193. The van der Waals surface area contributed by atoms with E-state index in [-0.39, 0.29) is 0 Å². The molecule has 1 unspecified atom stereocenters. The first-order valence-electron chi connectivity index (χ1n) is 8.85. The number of hydrogen-bond acceptors (Lipinski definition) is 5. The van der Waals surface area contributed by atoms with Crippen molar-refractivity contribution in [2.75, 3.05) is 20.2 Å². The van der Waals surface area contributed by atoms with Crippen molar-refractivity contribution < 1.29 is 4.74 Å². The Balaban J connectivity index is 1.62. The molecule has 1 atom stereocenters. The normalized spacial score (nSPS) is 17.2. The molecule has 3 aromatic rings. The van der Waals surface area contributed by atoms with Gasteiger partial charge in [0.1, 0.15) is 17.6 Å². The van der Waals surface area contributed by atoms with Crippen LogP contribution in [0.2, 0.25) is 0 Å². The number of likely N-dealkylation sites (N-methyl/N-ethyl adjacent to an activating group) is 1. The Morgan fingerprint density at radius 1 is 1.15 bits per heavy atom. The number of rotatable bonds is 3. The number of thiophene rings is 1. The molecule has 132 valence electrons. The predicted molar refractivity (Wildman–Crippen MR) is 106 cm³/mol. The van der Waals surface area contributed by atoms with Gasteiger partial charge in [-0.2, -0.15) is 0 Å². The zero-order chi connectivity index (χ0) is 17.9. The molecule has 3 heterocycles. The number of benzene rings is 1. The molecule has 2 aromatic heterocycles. The zero-order valence-corrected chi connectivity index (χ0v) is 15.8. The molecule has 4 rings (SSSR count). The van der Waals surface area contributed by atoms with Gasteiger partial charge in [0.25, 0.3) is 0 Å². The standard InChI is InChI=1S/C21H21N3OS/c1-15-5-7-16(8-6-15)9-10-18-21(23-20-14-26-13-19(20)22-18)25-12-17-4-3-11-24(17)2/h5-8,13-14,17H,3-4,11-12H2,1-2H3. The molecule has 26 heavy (non-hydrogen) atoms. The van der Waals surface area contributed by atoms with Crippen molar-refractivity contribution in [2.24, 2.45) is 0 Å². The van der Waals surface area contributed by atoms with Gasteiger partial charge in [0, 0.05) is 22.4 Å². The van der Waals surface area contributed by atoms with Crippen LogP contribution in [-0.4, -0.2) is 41.1 Å². The van der Waals surface area contributed by atoms with E-state index in [9.17, 15) is 0 Å². The molecule has 1 aliphatic heterocycles. The second-order valence-corrected chi connectivity index (χ2v) is 7.47. The lowest BCUT2D eigenvalue weighted by atomic mass is 10.1. The summed E-state index contributed by atoms with van der Waals surface area (Å²) in [5.41, 5.74) is 4.53. The number of likely N-dealkylation sites (tertiary alicyclic amines) is 1. The van der Waals surface area contributed by atoms with Gasteiger partial charge in [-0.15, -0.1) is 11.3 Å². The highest BCUT2D eigenvalue weighted by Gasteiger charge is 2.22. The number of aryl methyl sites for hydroxylation is 1. The molecule has 1 aliphatic rings. The van der Waals surface area contributed by atoms with Gasteiger partial charge < -0.3 is 9.64 Å². The highest BCUT2D eigenvalue weighted by atomic mass is 32.1. The van der Waals surface area contributed by atoms with E-state index in [4.69, 9.17) is 4.74 Å². The average molecular weight is 363 g/mol. The van der Waals surface area contributed by atoms with Crippen LogP contribution in [0.15, 0.2) is 35.0 Å². The van der Waals surface area contributed by atoms with Crippen molar-refractivity contribution >= 4 is 22.4 Å². The number of hydrogen-bond donors (Lipinski definition) is 0. The molecule has 4 nitrogen and oxygen atoms in total. The van der Waals surface area contributed by atoms with Gasteiger partial charge in [-0.25, -0.2) is 9.97 Å². The summed E-state index contributed by atoms with van der Waals surface area (Å²) in [4.78, 5) is 11.7. The first-order chi connectivity index (χ1) is 12.7. The zero-order valence-electron chi connectivity index (χ0n) is 15.0. The summed E-state index contributed by atoms with van der Waals surface area (Å²) in [7, 11) is 2.15. The van der Waals surface area contributed by atoms with E-state index in [1.54, 1.807) is 11.3 Å². The molecular weight excluding hydrogens is 342 g/mol. The van der Waals surface area contributed by atoms with Crippen LogP contribution in [0.25, 0.3) is 11.0 Å². The van der Waals surface area contributed by atoms with Gasteiger partial charge in [-0.05, 0) is 51.4 Å². The van der Waals surface area contributed by atoms with Crippen LogP contribution < -0.4 is 4.74 Å². The van der Waals surface area contributed by atoms with Crippen LogP contribution in [0.3, 0.4) is 0 Å². The molecule has 1 saturated heterocycles. The van der Waals surface area contributed by atoms with Crippen LogP contribution >= 0.6 is 11.3 Å². The van der Waals surface area contributed by atoms with Crippen molar-refractivity contribution in [1.29, 1.82) is 0 Å². The third-order valence-corrected chi connectivity index (χ3v) is 5.46. The van der Waals surface area contributed by atoms with Crippen LogP contribution in [0.5, 0.6) is 5.88 Å². The molecular formula is C21H21N3OS. The van der Waals surface area contributed by atoms with E-state index in [2.05, 4.69) is 52.8 Å². The fraction of sp³-hybridized carbons (Fsp3) is 0.333. The van der Waals surface area contributed by atoms with E-state index in [1.165, 1.54) is 12.0 Å². The highest BCUT2D eigenvalue weighted by molar-refractivity contribution is 7.09. The van der Waals surface area contributed by atoms with Crippen molar-refractivity contribution in [3.63, 3.8) is 0 Å². The lowest BCUT2D eigenvalue weighted by Gasteiger charge is -2.19. The molecule has 0 aliphatic carbocycles. The fourth-order valence-corrected chi connectivity index (χ4v) is 3.77. The van der Waals surface area contributed by atoms with E-state index >= 15 is 0 Å². The SMILES string of the molecule is Cc1ccc(C#Cc2nc3cscc3nc2OCC2CCCN2C)cc1. The Kier molecular flexibility index (Phi) is 4.87. The van der Waals surface area contributed by atoms with Gasteiger partial charge >= 0.3 is 0 Å². The molecule has 1 fully saturated rings. The minimum atomic E-state index is 0.438. The Hall–Kier alpha value is -2.42. The van der Waals surface area contributed by atoms with Gasteiger partial charge in [-0.3, -0.25) is 0 Å². The Morgan fingerprint density at radius 2 is 1.92 bits per heavy atom. The van der Waals surface area contributed by atoms with E-state index in [1.807, 2.05) is 22.9 Å². The number of nitrogens with zero attached hydrogens (tertiary/aromatic N) is 3. The summed E-state index contributed by atoms with van der Waals surface area (Å²) in [6, 6.07) is 8.60. The Bertz CT molecular complexity index is 968. The topological polar surface area (TPSA) is 38.3 Å². The molecule has 0 radical (unpaired) electrons. The first-order valence-corrected chi connectivity index (χ1v) is 9.79. The summed E-state index contributed by atoms with van der Waals surface area (Å²) < 4.78 is 6.06. The van der Waals surface area contributed by atoms with Gasteiger partial charge in [-0.1, -0.05) is 23.6 Å².